The van der Waals surface area contributed by atoms with Crippen molar-refractivity contribution in [3.8, 4) is 5.75 Å². The summed E-state index contributed by atoms with van der Waals surface area (Å²) in [6.07, 6.45) is 3.92. The molecule has 1 aliphatic rings. The van der Waals surface area contributed by atoms with E-state index in [0.29, 0.717) is 6.04 Å². The van der Waals surface area contributed by atoms with Gasteiger partial charge in [0.2, 0.25) is 0 Å². The highest BCUT2D eigenvalue weighted by atomic mass is 16.5. The summed E-state index contributed by atoms with van der Waals surface area (Å²) in [6.45, 7) is 0.860. The van der Waals surface area contributed by atoms with E-state index in [1.54, 1.807) is 7.11 Å². The molecule has 0 saturated heterocycles. The van der Waals surface area contributed by atoms with Crippen LogP contribution in [0.15, 0.2) is 24.3 Å². The third-order valence-electron chi connectivity index (χ3n) is 4.36. The molecule has 112 valence electrons. The number of ether oxygens (including phenoxy) is 1. The molecule has 2 aromatic rings. The Bertz CT molecular complexity index is 639. The number of nitrogens with zero attached hydrogens (tertiary/aromatic N) is 2. The highest BCUT2D eigenvalue weighted by Crippen LogP contribution is 2.28. The summed E-state index contributed by atoms with van der Waals surface area (Å²) < 4.78 is 5.24. The third-order valence-corrected chi connectivity index (χ3v) is 4.36. The molecule has 0 aliphatic heterocycles. The van der Waals surface area contributed by atoms with E-state index in [0.717, 1.165) is 34.6 Å². The summed E-state index contributed by atoms with van der Waals surface area (Å²) in [4.78, 5) is 7.00. The van der Waals surface area contributed by atoms with Crippen LogP contribution in [0.1, 0.15) is 24.8 Å². The Balaban J connectivity index is 1.93. The van der Waals surface area contributed by atoms with E-state index in [1.807, 2.05) is 18.2 Å². The molecule has 5 nitrogen and oxygen atoms in total. The van der Waals surface area contributed by atoms with Crippen molar-refractivity contribution in [3.63, 3.8) is 0 Å². The first-order valence-electron chi connectivity index (χ1n) is 7.36. The molecule has 1 saturated carbocycles. The number of nitrogens with two attached hydrogens (primary N) is 1. The quantitative estimate of drug-likeness (QED) is 0.653. The van der Waals surface area contributed by atoms with Crippen LogP contribution in [0.4, 0.5) is 5.82 Å². The molecule has 1 aromatic heterocycles. The molecule has 1 aromatic carbocycles. The SMILES string of the molecule is COc1ccc2cc(CN(C)C3CCC3)c(NN)nc2c1. The number of hydrazine groups is 1. The number of hydrogen-bond acceptors (Lipinski definition) is 5. The number of rotatable bonds is 5. The van der Waals surface area contributed by atoms with Gasteiger partial charge in [-0.25, -0.2) is 10.8 Å². The average Bonchev–Trinajstić information content (AvgIpc) is 2.44. The number of nitrogen functional groups attached to an aromatic ring is 1. The fraction of sp³-hybridized carbons (Fsp3) is 0.438. The largest absolute Gasteiger partial charge is 0.497 e. The smallest absolute Gasteiger partial charge is 0.145 e. The number of fused-ring (bicyclic) bond motifs is 1. The first-order valence-corrected chi connectivity index (χ1v) is 7.36. The molecule has 0 radical (unpaired) electrons. The highest BCUT2D eigenvalue weighted by Gasteiger charge is 2.22. The van der Waals surface area contributed by atoms with Crippen LogP contribution in [-0.2, 0) is 6.54 Å². The average molecular weight is 286 g/mol. The van der Waals surface area contributed by atoms with Gasteiger partial charge in [0, 0.05) is 29.6 Å². The molecule has 3 N–H and O–H groups in total. The maximum absolute atomic E-state index is 5.65. The minimum absolute atomic E-state index is 0.696. The van der Waals surface area contributed by atoms with Gasteiger partial charge in [-0.2, -0.15) is 0 Å². The third kappa shape index (κ3) is 2.80. The van der Waals surface area contributed by atoms with Gasteiger partial charge >= 0.3 is 0 Å². The Hall–Kier alpha value is -1.85. The summed E-state index contributed by atoms with van der Waals surface area (Å²) in [5.41, 5.74) is 4.74. The number of aromatic nitrogens is 1. The number of anilines is 1. The molecular formula is C16H22N4O. The fourth-order valence-corrected chi connectivity index (χ4v) is 2.79. The molecule has 0 spiro atoms. The molecule has 21 heavy (non-hydrogen) atoms. The number of methoxy groups -OCH3 is 1. The number of pyridine rings is 1. The van der Waals surface area contributed by atoms with Crippen LogP contribution in [0.2, 0.25) is 0 Å². The van der Waals surface area contributed by atoms with E-state index in [2.05, 4.69) is 28.4 Å². The Morgan fingerprint density at radius 3 is 2.81 bits per heavy atom. The van der Waals surface area contributed by atoms with E-state index in [9.17, 15) is 0 Å². The molecule has 0 amide bonds. The van der Waals surface area contributed by atoms with Crippen molar-refractivity contribution in [1.29, 1.82) is 0 Å². The summed E-state index contributed by atoms with van der Waals surface area (Å²) in [7, 11) is 3.83. The van der Waals surface area contributed by atoms with Crippen molar-refractivity contribution in [1.82, 2.24) is 9.88 Å². The number of nitrogens with one attached hydrogen (secondary N) is 1. The molecule has 0 atom stereocenters. The van der Waals surface area contributed by atoms with E-state index < -0.39 is 0 Å². The molecular weight excluding hydrogens is 264 g/mol. The lowest BCUT2D eigenvalue weighted by Gasteiger charge is -2.35. The summed E-state index contributed by atoms with van der Waals surface area (Å²) in [5.74, 6) is 7.19. The molecule has 1 aliphatic carbocycles. The molecule has 1 heterocycles. The van der Waals surface area contributed by atoms with Gasteiger partial charge < -0.3 is 10.2 Å². The van der Waals surface area contributed by atoms with Crippen LogP contribution in [0.3, 0.4) is 0 Å². The van der Waals surface area contributed by atoms with Crippen LogP contribution >= 0.6 is 0 Å². The predicted molar refractivity (Wildman–Crippen MR) is 85.2 cm³/mol. The van der Waals surface area contributed by atoms with E-state index in [4.69, 9.17) is 10.6 Å². The Labute approximate surface area is 125 Å². The molecule has 0 unspecified atom stereocenters. The van der Waals surface area contributed by atoms with E-state index in [1.165, 1.54) is 19.3 Å². The lowest BCUT2D eigenvalue weighted by atomic mass is 9.91. The molecule has 0 bridgehead atoms. The fourth-order valence-electron chi connectivity index (χ4n) is 2.79. The first-order chi connectivity index (χ1) is 10.2. The zero-order valence-electron chi connectivity index (χ0n) is 12.6. The topological polar surface area (TPSA) is 63.4 Å². The van der Waals surface area contributed by atoms with Crippen LogP contribution in [-0.4, -0.2) is 30.1 Å². The van der Waals surface area contributed by atoms with Gasteiger partial charge in [-0.3, -0.25) is 4.90 Å². The van der Waals surface area contributed by atoms with Crippen LogP contribution in [0, 0.1) is 0 Å². The van der Waals surface area contributed by atoms with E-state index in [-0.39, 0.29) is 0 Å². The summed E-state index contributed by atoms with van der Waals surface area (Å²) in [6, 6.07) is 8.77. The summed E-state index contributed by atoms with van der Waals surface area (Å²) in [5, 5.41) is 1.10. The Morgan fingerprint density at radius 2 is 2.19 bits per heavy atom. The lowest BCUT2D eigenvalue weighted by Crippen LogP contribution is -2.36. The van der Waals surface area contributed by atoms with Crippen molar-refractivity contribution < 1.29 is 4.74 Å². The van der Waals surface area contributed by atoms with Crippen molar-refractivity contribution in [2.24, 2.45) is 5.84 Å². The van der Waals surface area contributed by atoms with Crippen LogP contribution < -0.4 is 16.0 Å². The Morgan fingerprint density at radius 1 is 1.38 bits per heavy atom. The monoisotopic (exact) mass is 286 g/mol. The maximum atomic E-state index is 5.65. The minimum atomic E-state index is 0.696. The van der Waals surface area contributed by atoms with Gasteiger partial charge in [-0.15, -0.1) is 0 Å². The Kier molecular flexibility index (Phi) is 3.94. The van der Waals surface area contributed by atoms with Gasteiger partial charge in [-0.05, 0) is 38.1 Å². The van der Waals surface area contributed by atoms with Crippen molar-refractivity contribution >= 4 is 16.7 Å². The van der Waals surface area contributed by atoms with Crippen molar-refractivity contribution in [3.05, 3.63) is 29.8 Å². The second kappa shape index (κ2) is 5.87. The highest BCUT2D eigenvalue weighted by molar-refractivity contribution is 5.83. The van der Waals surface area contributed by atoms with Gasteiger partial charge in [0.1, 0.15) is 11.6 Å². The minimum Gasteiger partial charge on any atom is -0.497 e. The van der Waals surface area contributed by atoms with Crippen LogP contribution in [0.5, 0.6) is 5.75 Å². The maximum Gasteiger partial charge on any atom is 0.145 e. The van der Waals surface area contributed by atoms with Gasteiger partial charge in [0.05, 0.1) is 12.6 Å². The molecule has 5 heteroatoms. The molecule has 1 fully saturated rings. The zero-order chi connectivity index (χ0) is 14.8. The normalized spacial score (nSPS) is 15.2. The first kappa shape index (κ1) is 14.1. The summed E-state index contributed by atoms with van der Waals surface area (Å²) >= 11 is 0. The molecule has 3 rings (SSSR count). The van der Waals surface area contributed by atoms with Crippen molar-refractivity contribution in [2.45, 2.75) is 31.8 Å². The number of hydrogen-bond donors (Lipinski definition) is 2. The predicted octanol–water partition coefficient (Wildman–Crippen LogP) is 2.51. The second-order valence-electron chi connectivity index (χ2n) is 5.70. The van der Waals surface area contributed by atoms with Gasteiger partial charge in [0.25, 0.3) is 0 Å². The second-order valence-corrected chi connectivity index (χ2v) is 5.70. The van der Waals surface area contributed by atoms with E-state index >= 15 is 0 Å². The van der Waals surface area contributed by atoms with Crippen LogP contribution in [0.25, 0.3) is 10.9 Å². The van der Waals surface area contributed by atoms with Crippen molar-refractivity contribution in [2.75, 3.05) is 19.6 Å². The standard InChI is InChI=1S/C16H22N4O/c1-20(13-4-3-5-13)10-12-8-11-6-7-14(21-2)9-15(11)18-16(12)19-17/h6-9,13H,3-5,10,17H2,1-2H3,(H,18,19). The van der Waals surface area contributed by atoms with Gasteiger partial charge in [-0.1, -0.05) is 6.42 Å². The lowest BCUT2D eigenvalue weighted by molar-refractivity contribution is 0.153. The number of benzene rings is 1. The zero-order valence-corrected chi connectivity index (χ0v) is 12.6. The van der Waals surface area contributed by atoms with Gasteiger partial charge in [0.15, 0.2) is 0 Å².